The number of hydroxylamine groups is 2. The van der Waals surface area contributed by atoms with Crippen LogP contribution >= 0.6 is 11.3 Å². The van der Waals surface area contributed by atoms with Gasteiger partial charge in [0.15, 0.2) is 0 Å². The molecular formula is C23H20N4O2S. The number of nitrogens with one attached hydrogen (secondary N) is 1. The molecule has 1 saturated heterocycles. The topological polar surface area (TPSA) is 67.4 Å². The van der Waals surface area contributed by atoms with E-state index < -0.39 is 0 Å². The summed E-state index contributed by atoms with van der Waals surface area (Å²) in [4.78, 5) is 28.5. The first-order chi connectivity index (χ1) is 14.7. The van der Waals surface area contributed by atoms with E-state index in [4.69, 9.17) is 9.82 Å². The highest BCUT2D eigenvalue weighted by molar-refractivity contribution is 7.16. The number of carbonyl (C=O) groups is 1. The maximum Gasteiger partial charge on any atom is 0.346 e. The van der Waals surface area contributed by atoms with Crippen molar-refractivity contribution in [2.24, 2.45) is 0 Å². The number of fused-ring (bicyclic) bond motifs is 1. The van der Waals surface area contributed by atoms with Crippen LogP contribution in [0.2, 0.25) is 0 Å². The molecule has 0 aliphatic carbocycles. The van der Waals surface area contributed by atoms with Crippen LogP contribution in [0.5, 0.6) is 0 Å². The lowest BCUT2D eigenvalue weighted by Crippen LogP contribution is -2.33. The summed E-state index contributed by atoms with van der Waals surface area (Å²) < 4.78 is 0. The Morgan fingerprint density at radius 1 is 1.17 bits per heavy atom. The van der Waals surface area contributed by atoms with Crippen molar-refractivity contribution in [1.82, 2.24) is 15.0 Å². The van der Waals surface area contributed by atoms with Gasteiger partial charge >= 0.3 is 6.03 Å². The molecule has 150 valence electrons. The van der Waals surface area contributed by atoms with Crippen molar-refractivity contribution in [3.05, 3.63) is 77.3 Å². The minimum Gasteiger partial charge on any atom is -0.306 e. The van der Waals surface area contributed by atoms with Crippen molar-refractivity contribution in [3.8, 4) is 11.3 Å². The van der Waals surface area contributed by atoms with Crippen LogP contribution in [0.15, 0.2) is 66.2 Å². The molecule has 30 heavy (non-hydrogen) atoms. The van der Waals surface area contributed by atoms with Crippen LogP contribution in [0.1, 0.15) is 23.6 Å². The SMILES string of the molecule is Cc1ccc(-c2ccc3ncsc3n2)cc1NC(=O)N1OCCC1c1ccccc1. The molecule has 1 N–H and O–H groups in total. The number of hydrogen-bond acceptors (Lipinski definition) is 5. The zero-order chi connectivity index (χ0) is 20.5. The van der Waals surface area contributed by atoms with Gasteiger partial charge in [0.1, 0.15) is 4.83 Å². The lowest BCUT2D eigenvalue weighted by molar-refractivity contribution is -0.0829. The number of nitrogens with zero attached hydrogens (tertiary/aromatic N) is 3. The van der Waals surface area contributed by atoms with Gasteiger partial charge in [-0.25, -0.2) is 14.8 Å². The van der Waals surface area contributed by atoms with Gasteiger partial charge in [-0.15, -0.1) is 11.3 Å². The maximum atomic E-state index is 13.0. The summed E-state index contributed by atoms with van der Waals surface area (Å²) in [5.74, 6) is 0. The summed E-state index contributed by atoms with van der Waals surface area (Å²) >= 11 is 1.51. The maximum absolute atomic E-state index is 13.0. The smallest absolute Gasteiger partial charge is 0.306 e. The van der Waals surface area contributed by atoms with E-state index in [1.165, 1.54) is 16.4 Å². The van der Waals surface area contributed by atoms with Gasteiger partial charge in [-0.3, -0.25) is 4.84 Å². The zero-order valence-corrected chi connectivity index (χ0v) is 17.2. The Balaban J connectivity index is 1.40. The fourth-order valence-electron chi connectivity index (χ4n) is 3.65. The first-order valence-corrected chi connectivity index (χ1v) is 10.7. The van der Waals surface area contributed by atoms with Crippen molar-refractivity contribution in [1.29, 1.82) is 0 Å². The van der Waals surface area contributed by atoms with Gasteiger partial charge in [-0.2, -0.15) is 5.06 Å². The largest absolute Gasteiger partial charge is 0.346 e. The predicted octanol–water partition coefficient (Wildman–Crippen LogP) is 5.58. The van der Waals surface area contributed by atoms with E-state index in [0.29, 0.717) is 6.61 Å². The molecule has 1 fully saturated rings. The minimum absolute atomic E-state index is 0.0925. The molecule has 3 heterocycles. The summed E-state index contributed by atoms with van der Waals surface area (Å²) in [5, 5.41) is 4.47. The summed E-state index contributed by atoms with van der Waals surface area (Å²) in [6.45, 7) is 2.49. The van der Waals surface area contributed by atoms with E-state index in [2.05, 4.69) is 10.3 Å². The van der Waals surface area contributed by atoms with Gasteiger partial charge in [0.2, 0.25) is 0 Å². The summed E-state index contributed by atoms with van der Waals surface area (Å²) in [5.41, 5.74) is 7.25. The highest BCUT2D eigenvalue weighted by atomic mass is 32.1. The molecule has 2 amide bonds. The first-order valence-electron chi connectivity index (χ1n) is 9.78. The number of hydrogen-bond donors (Lipinski definition) is 1. The lowest BCUT2D eigenvalue weighted by atomic mass is 10.0. The second kappa shape index (κ2) is 7.85. The molecule has 2 aromatic heterocycles. The highest BCUT2D eigenvalue weighted by Gasteiger charge is 2.32. The number of anilines is 1. The van der Waals surface area contributed by atoms with Crippen molar-refractivity contribution < 1.29 is 9.63 Å². The molecule has 5 rings (SSSR count). The van der Waals surface area contributed by atoms with Crippen LogP contribution in [0.25, 0.3) is 21.6 Å². The number of carbonyl (C=O) groups excluding carboxylic acids is 1. The predicted molar refractivity (Wildman–Crippen MR) is 118 cm³/mol. The van der Waals surface area contributed by atoms with Gasteiger partial charge in [-0.1, -0.05) is 42.5 Å². The van der Waals surface area contributed by atoms with Gasteiger partial charge in [0, 0.05) is 17.7 Å². The lowest BCUT2D eigenvalue weighted by Gasteiger charge is -2.23. The normalized spacial score (nSPS) is 16.2. The standard InChI is InChI=1S/C23H20N4O2S/c1-15-7-8-17(18-9-10-19-22(25-18)30-14-24-19)13-20(15)26-23(28)27-21(11-12-29-27)16-5-3-2-4-6-16/h2-10,13-14,21H,11-12H2,1H3,(H,26,28). The molecule has 1 unspecified atom stereocenters. The van der Waals surface area contributed by atoms with E-state index >= 15 is 0 Å². The zero-order valence-electron chi connectivity index (χ0n) is 16.4. The number of rotatable bonds is 3. The average Bonchev–Trinajstić information content (AvgIpc) is 3.45. The van der Waals surface area contributed by atoms with E-state index in [0.717, 1.165) is 44.8 Å². The molecule has 7 heteroatoms. The summed E-state index contributed by atoms with van der Waals surface area (Å²) in [6, 6.07) is 19.5. The quantitative estimate of drug-likeness (QED) is 0.474. The molecule has 0 saturated carbocycles. The number of thiazole rings is 1. The molecule has 4 aromatic rings. The third kappa shape index (κ3) is 3.53. The van der Waals surface area contributed by atoms with Gasteiger partial charge in [-0.05, 0) is 36.2 Å². The molecule has 1 aliphatic rings. The Morgan fingerprint density at radius 3 is 2.90 bits per heavy atom. The van der Waals surface area contributed by atoms with E-state index in [1.54, 1.807) is 5.51 Å². The van der Waals surface area contributed by atoms with Crippen LogP contribution in [-0.2, 0) is 4.84 Å². The van der Waals surface area contributed by atoms with Gasteiger partial charge in [0.05, 0.1) is 29.4 Å². The van der Waals surface area contributed by atoms with Crippen LogP contribution < -0.4 is 5.32 Å². The number of aromatic nitrogens is 2. The van der Waals surface area contributed by atoms with Crippen LogP contribution in [-0.4, -0.2) is 27.7 Å². The van der Waals surface area contributed by atoms with Crippen molar-refractivity contribution >= 4 is 33.4 Å². The number of pyridine rings is 1. The van der Waals surface area contributed by atoms with Crippen molar-refractivity contribution in [3.63, 3.8) is 0 Å². The Bertz CT molecular complexity index is 1210. The third-order valence-electron chi connectivity index (χ3n) is 5.26. The average molecular weight is 417 g/mol. The molecule has 1 atom stereocenters. The number of urea groups is 1. The van der Waals surface area contributed by atoms with Crippen LogP contribution in [0.3, 0.4) is 0 Å². The molecule has 2 aromatic carbocycles. The van der Waals surface area contributed by atoms with Gasteiger partial charge in [0.25, 0.3) is 0 Å². The molecule has 0 radical (unpaired) electrons. The fourth-order valence-corrected chi connectivity index (χ4v) is 4.30. The monoisotopic (exact) mass is 416 g/mol. The summed E-state index contributed by atoms with van der Waals surface area (Å²) in [6.07, 6.45) is 0.773. The second-order valence-corrected chi connectivity index (χ2v) is 8.04. The third-order valence-corrected chi connectivity index (χ3v) is 6.00. The van der Waals surface area contributed by atoms with E-state index in [-0.39, 0.29) is 12.1 Å². The Hall–Kier alpha value is -3.29. The minimum atomic E-state index is -0.271. The number of benzene rings is 2. The Kier molecular flexibility index (Phi) is 4.90. The fraction of sp³-hybridized carbons (Fsp3) is 0.174. The summed E-state index contributed by atoms with van der Waals surface area (Å²) in [7, 11) is 0. The van der Waals surface area contributed by atoms with Crippen LogP contribution in [0.4, 0.5) is 10.5 Å². The molecular weight excluding hydrogens is 396 g/mol. The molecule has 6 nitrogen and oxygen atoms in total. The van der Waals surface area contributed by atoms with E-state index in [9.17, 15) is 4.79 Å². The van der Waals surface area contributed by atoms with Crippen molar-refractivity contribution in [2.75, 3.05) is 11.9 Å². The van der Waals surface area contributed by atoms with Crippen molar-refractivity contribution in [2.45, 2.75) is 19.4 Å². The molecule has 1 aliphatic heterocycles. The molecule has 0 spiro atoms. The number of amides is 2. The number of aryl methyl sites for hydroxylation is 1. The Morgan fingerprint density at radius 2 is 2.03 bits per heavy atom. The Labute approximate surface area is 178 Å². The molecule has 0 bridgehead atoms. The van der Waals surface area contributed by atoms with Crippen LogP contribution in [0, 0.1) is 6.92 Å². The van der Waals surface area contributed by atoms with E-state index in [1.807, 2.05) is 67.6 Å². The second-order valence-electron chi connectivity index (χ2n) is 7.21. The highest BCUT2D eigenvalue weighted by Crippen LogP contribution is 2.32. The van der Waals surface area contributed by atoms with Gasteiger partial charge < -0.3 is 5.32 Å². The first kappa shape index (κ1) is 18.7.